The van der Waals surface area contributed by atoms with E-state index in [0.717, 1.165) is 43.7 Å². The number of nitrogens with zero attached hydrogens (tertiary/aromatic N) is 1. The Morgan fingerprint density at radius 1 is 1.03 bits per heavy atom. The van der Waals surface area contributed by atoms with Gasteiger partial charge in [-0.2, -0.15) is 0 Å². The van der Waals surface area contributed by atoms with Gasteiger partial charge in [-0.1, -0.05) is 36.9 Å². The number of hydrogen-bond acceptors (Lipinski definition) is 4. The summed E-state index contributed by atoms with van der Waals surface area (Å²) in [5.74, 6) is 1.01. The third-order valence-corrected chi connectivity index (χ3v) is 9.11. The van der Waals surface area contributed by atoms with Crippen LogP contribution in [-0.4, -0.2) is 49.8 Å². The Hall–Kier alpha value is -2.51. The van der Waals surface area contributed by atoms with E-state index in [2.05, 4.69) is 27.7 Å². The van der Waals surface area contributed by atoms with E-state index in [1.165, 1.54) is 55.9 Å². The largest absolute Gasteiger partial charge is 0.493 e. The molecule has 2 N–H and O–H groups in total. The minimum absolute atomic E-state index is 0.00995. The van der Waals surface area contributed by atoms with Crippen LogP contribution < -0.4 is 20.1 Å². The van der Waals surface area contributed by atoms with Crippen molar-refractivity contribution in [1.29, 1.82) is 0 Å². The number of amides is 2. The molecule has 37 heavy (non-hydrogen) atoms. The number of nitrogens with one attached hydrogen (secondary N) is 2. The molecule has 8 heteroatoms. The minimum atomic E-state index is -0.504. The van der Waals surface area contributed by atoms with Gasteiger partial charge < -0.3 is 20.1 Å². The van der Waals surface area contributed by atoms with Crippen molar-refractivity contribution in [1.82, 2.24) is 10.2 Å². The lowest BCUT2D eigenvalue weighted by Crippen LogP contribution is -2.55. The van der Waals surface area contributed by atoms with Gasteiger partial charge in [0, 0.05) is 29.2 Å². The summed E-state index contributed by atoms with van der Waals surface area (Å²) in [6.07, 6.45) is 10.3. The van der Waals surface area contributed by atoms with Crippen molar-refractivity contribution in [2.45, 2.75) is 81.3 Å². The molecule has 0 bridgehead atoms. The van der Waals surface area contributed by atoms with Gasteiger partial charge in [0.05, 0.1) is 19.2 Å². The predicted molar refractivity (Wildman–Crippen MR) is 144 cm³/mol. The molecule has 6 nitrogen and oxygen atoms in total. The zero-order chi connectivity index (χ0) is 26.0. The molecule has 0 aromatic heterocycles. The van der Waals surface area contributed by atoms with Crippen LogP contribution in [0.4, 0.5) is 14.9 Å². The number of fused-ring (bicyclic) bond motifs is 1. The second-order valence-corrected chi connectivity index (χ2v) is 11.1. The number of likely N-dealkylation sites (tertiary alicyclic amines) is 1. The monoisotopic (exact) mass is 529 g/mol. The fourth-order valence-corrected chi connectivity index (χ4v) is 7.16. The van der Waals surface area contributed by atoms with E-state index < -0.39 is 5.82 Å². The fraction of sp³-hybridized carbons (Fsp3) is 0.552. The lowest BCUT2D eigenvalue weighted by Gasteiger charge is -2.47. The van der Waals surface area contributed by atoms with Gasteiger partial charge in [-0.05, 0) is 81.0 Å². The van der Waals surface area contributed by atoms with Crippen molar-refractivity contribution in [3.8, 4) is 11.5 Å². The van der Waals surface area contributed by atoms with Crippen molar-refractivity contribution < 1.29 is 18.7 Å². The lowest BCUT2D eigenvalue weighted by molar-refractivity contribution is 0.0825. The smallest absolute Gasteiger partial charge is 0.319 e. The quantitative estimate of drug-likeness (QED) is 0.447. The average Bonchev–Trinajstić information content (AvgIpc) is 3.30. The molecule has 1 saturated heterocycles. The number of ether oxygens (including phenoxy) is 2. The van der Waals surface area contributed by atoms with Crippen molar-refractivity contribution in [2.24, 2.45) is 0 Å². The molecule has 1 aliphatic heterocycles. The number of benzene rings is 2. The standard InChI is InChI=1S/C29H37ClFN3O3/c1-36-25-11-8-19(16-26(25)37-2)29-13-12-21(33-28(35)32-20-9-10-24(31)23(30)17-20)18-27(29)34(15-14-29)22-6-4-3-5-7-22/h8-11,16-17,21-22,27H,3-7,12-15,18H2,1-2H3,(H2,32,33,35)/t21-,27+,29-/m0/s1. The van der Waals surface area contributed by atoms with Gasteiger partial charge >= 0.3 is 6.03 Å². The highest BCUT2D eigenvalue weighted by atomic mass is 35.5. The van der Waals surface area contributed by atoms with E-state index in [0.29, 0.717) is 17.8 Å². The maximum absolute atomic E-state index is 13.5. The van der Waals surface area contributed by atoms with Crippen LogP contribution >= 0.6 is 11.6 Å². The van der Waals surface area contributed by atoms with E-state index in [1.807, 2.05) is 6.07 Å². The first-order valence-corrected chi connectivity index (χ1v) is 13.8. The molecule has 2 aromatic carbocycles. The van der Waals surface area contributed by atoms with Crippen LogP contribution in [0.1, 0.15) is 63.4 Å². The molecular formula is C29H37ClFN3O3. The topological polar surface area (TPSA) is 62.8 Å². The predicted octanol–water partition coefficient (Wildman–Crippen LogP) is 6.52. The molecule has 2 amide bonds. The van der Waals surface area contributed by atoms with Crippen LogP contribution in [0.5, 0.6) is 11.5 Å². The normalized spacial score (nSPS) is 26.4. The van der Waals surface area contributed by atoms with Gasteiger partial charge in [0.1, 0.15) is 5.82 Å². The average molecular weight is 530 g/mol. The number of methoxy groups -OCH3 is 2. The molecule has 0 spiro atoms. The highest BCUT2D eigenvalue weighted by Crippen LogP contribution is 2.51. The highest BCUT2D eigenvalue weighted by molar-refractivity contribution is 6.31. The SMILES string of the molecule is COc1ccc([C@@]23CC[C@H](NC(=O)Nc4ccc(F)c(Cl)c4)C[C@H]2N(C2CCCCC2)CC3)cc1OC. The lowest BCUT2D eigenvalue weighted by atomic mass is 9.64. The van der Waals surface area contributed by atoms with Crippen molar-refractivity contribution in [2.75, 3.05) is 26.1 Å². The van der Waals surface area contributed by atoms with Gasteiger partial charge in [-0.15, -0.1) is 0 Å². The summed E-state index contributed by atoms with van der Waals surface area (Å²) in [7, 11) is 3.36. The Bertz CT molecular complexity index is 1130. The summed E-state index contributed by atoms with van der Waals surface area (Å²) in [5, 5.41) is 5.99. The molecular weight excluding hydrogens is 493 g/mol. The molecule has 3 fully saturated rings. The van der Waals surface area contributed by atoms with Crippen LogP contribution in [0.15, 0.2) is 36.4 Å². The fourth-order valence-electron chi connectivity index (χ4n) is 6.97. The van der Waals surface area contributed by atoms with Crippen molar-refractivity contribution in [3.63, 3.8) is 0 Å². The number of urea groups is 1. The molecule has 3 aliphatic rings. The summed E-state index contributed by atoms with van der Waals surface area (Å²) in [5.41, 5.74) is 1.80. The third-order valence-electron chi connectivity index (χ3n) is 8.82. The summed E-state index contributed by atoms with van der Waals surface area (Å²) < 4.78 is 24.7. The van der Waals surface area contributed by atoms with E-state index in [9.17, 15) is 9.18 Å². The Labute approximate surface area is 223 Å². The van der Waals surface area contributed by atoms with Crippen LogP contribution in [-0.2, 0) is 5.41 Å². The van der Waals surface area contributed by atoms with Gasteiger partial charge in [0.2, 0.25) is 0 Å². The number of carbonyl (C=O) groups is 1. The molecule has 200 valence electrons. The molecule has 0 radical (unpaired) electrons. The first-order valence-electron chi connectivity index (χ1n) is 13.4. The van der Waals surface area contributed by atoms with Gasteiger partial charge in [-0.3, -0.25) is 4.90 Å². The molecule has 0 unspecified atom stereocenters. The Balaban J connectivity index is 1.37. The zero-order valence-corrected chi connectivity index (χ0v) is 22.5. The zero-order valence-electron chi connectivity index (χ0n) is 21.7. The summed E-state index contributed by atoms with van der Waals surface area (Å²) in [6.45, 7) is 1.08. The summed E-state index contributed by atoms with van der Waals surface area (Å²) in [4.78, 5) is 15.6. The summed E-state index contributed by atoms with van der Waals surface area (Å²) >= 11 is 5.89. The van der Waals surface area contributed by atoms with Crippen LogP contribution in [0.2, 0.25) is 5.02 Å². The van der Waals surface area contributed by atoms with Crippen molar-refractivity contribution >= 4 is 23.3 Å². The van der Waals surface area contributed by atoms with E-state index >= 15 is 0 Å². The van der Waals surface area contributed by atoms with Crippen LogP contribution in [0, 0.1) is 5.82 Å². The Kier molecular flexibility index (Phi) is 7.82. The second-order valence-electron chi connectivity index (χ2n) is 10.7. The number of hydrogen-bond donors (Lipinski definition) is 2. The van der Waals surface area contributed by atoms with Crippen LogP contribution in [0.3, 0.4) is 0 Å². The number of carbonyl (C=O) groups excluding carboxylic acids is 1. The highest BCUT2D eigenvalue weighted by Gasteiger charge is 2.53. The minimum Gasteiger partial charge on any atom is -0.493 e. The van der Waals surface area contributed by atoms with Gasteiger partial charge in [0.15, 0.2) is 11.5 Å². The molecule has 5 rings (SSSR count). The van der Waals surface area contributed by atoms with Gasteiger partial charge in [-0.25, -0.2) is 9.18 Å². The third kappa shape index (κ3) is 5.26. The van der Waals surface area contributed by atoms with Crippen LogP contribution in [0.25, 0.3) is 0 Å². The molecule has 1 heterocycles. The first kappa shape index (κ1) is 26.1. The molecule has 2 aliphatic carbocycles. The maximum Gasteiger partial charge on any atom is 0.319 e. The van der Waals surface area contributed by atoms with E-state index in [4.69, 9.17) is 21.1 Å². The Morgan fingerprint density at radius 2 is 1.81 bits per heavy atom. The van der Waals surface area contributed by atoms with E-state index in [-0.39, 0.29) is 22.5 Å². The van der Waals surface area contributed by atoms with Gasteiger partial charge in [0.25, 0.3) is 0 Å². The summed E-state index contributed by atoms with van der Waals surface area (Å²) in [6, 6.07) is 11.3. The van der Waals surface area contributed by atoms with Crippen molar-refractivity contribution in [3.05, 3.63) is 52.8 Å². The maximum atomic E-state index is 13.5. The number of anilines is 1. The number of halogens is 2. The number of rotatable bonds is 6. The Morgan fingerprint density at radius 3 is 2.54 bits per heavy atom. The molecule has 3 atom stereocenters. The molecule has 2 saturated carbocycles. The van der Waals surface area contributed by atoms with E-state index in [1.54, 1.807) is 14.2 Å². The molecule has 2 aromatic rings. The first-order chi connectivity index (χ1) is 17.9. The second kappa shape index (κ2) is 11.1.